The van der Waals surface area contributed by atoms with Gasteiger partial charge >= 0.3 is 0 Å². The maximum atomic E-state index is 12.5. The van der Waals surface area contributed by atoms with Gasteiger partial charge in [0, 0.05) is 42.7 Å². The summed E-state index contributed by atoms with van der Waals surface area (Å²) in [6.07, 6.45) is 3.84. The van der Waals surface area contributed by atoms with E-state index in [1.807, 2.05) is 11.9 Å². The molecule has 0 bridgehead atoms. The van der Waals surface area contributed by atoms with Crippen LogP contribution in [0.2, 0.25) is 0 Å². The highest BCUT2D eigenvalue weighted by atomic mass is 16.2. The monoisotopic (exact) mass is 303 g/mol. The molecule has 2 N–H and O–H groups in total. The first-order valence-corrected chi connectivity index (χ1v) is 7.61. The van der Waals surface area contributed by atoms with Crippen LogP contribution < -0.4 is 10.9 Å². The number of likely N-dealkylation sites (tertiary alicyclic amines) is 1. The summed E-state index contributed by atoms with van der Waals surface area (Å²) < 4.78 is 1.38. The number of carbonyl (C=O) groups excluding carboxylic acids is 1. The van der Waals surface area contributed by atoms with Gasteiger partial charge in [0.2, 0.25) is 5.91 Å². The fourth-order valence-corrected chi connectivity index (χ4v) is 3.01. The number of aryl methyl sites for hydroxylation is 1. The van der Waals surface area contributed by atoms with Crippen LogP contribution in [0, 0.1) is 6.92 Å². The van der Waals surface area contributed by atoms with E-state index in [-0.39, 0.29) is 17.9 Å². The molecule has 2 aromatic rings. The molecule has 0 spiro atoms. The predicted octanol–water partition coefficient (Wildman–Crippen LogP) is 0.0839. The van der Waals surface area contributed by atoms with E-state index >= 15 is 0 Å². The van der Waals surface area contributed by atoms with Gasteiger partial charge in [-0.05, 0) is 26.8 Å². The summed E-state index contributed by atoms with van der Waals surface area (Å²) >= 11 is 0. The largest absolute Gasteiger partial charge is 0.341 e. The van der Waals surface area contributed by atoms with Gasteiger partial charge in [-0.2, -0.15) is 0 Å². The Morgan fingerprint density at radius 2 is 2.36 bits per heavy atom. The SMILES string of the molecule is CNC1CCCN(C(=O)Cc2c(C)nc3cc[nH]n3c2=O)C1. The first-order chi connectivity index (χ1) is 10.6. The minimum atomic E-state index is -0.192. The average Bonchev–Trinajstić information content (AvgIpc) is 2.99. The van der Waals surface area contributed by atoms with Gasteiger partial charge in [0.25, 0.3) is 5.56 Å². The molecule has 0 saturated carbocycles. The van der Waals surface area contributed by atoms with Crippen LogP contribution in [0.4, 0.5) is 0 Å². The van der Waals surface area contributed by atoms with Gasteiger partial charge < -0.3 is 10.2 Å². The van der Waals surface area contributed by atoms with E-state index in [2.05, 4.69) is 15.4 Å². The third kappa shape index (κ3) is 2.64. The van der Waals surface area contributed by atoms with Crippen LogP contribution >= 0.6 is 0 Å². The minimum absolute atomic E-state index is 0.00606. The number of amides is 1. The summed E-state index contributed by atoms with van der Waals surface area (Å²) in [6, 6.07) is 2.08. The molecule has 1 unspecified atom stereocenters. The number of nitrogens with zero attached hydrogens (tertiary/aromatic N) is 3. The number of rotatable bonds is 3. The van der Waals surface area contributed by atoms with Crippen LogP contribution in [-0.4, -0.2) is 51.6 Å². The van der Waals surface area contributed by atoms with Crippen LogP contribution in [0.1, 0.15) is 24.1 Å². The third-order valence-electron chi connectivity index (χ3n) is 4.36. The van der Waals surface area contributed by atoms with Crippen LogP contribution in [0.3, 0.4) is 0 Å². The topological polar surface area (TPSA) is 82.5 Å². The molecule has 1 aliphatic rings. The van der Waals surface area contributed by atoms with Crippen molar-refractivity contribution in [3.63, 3.8) is 0 Å². The number of aromatic amines is 1. The Bertz CT molecular complexity index is 748. The lowest BCUT2D eigenvalue weighted by atomic mass is 10.0. The van der Waals surface area contributed by atoms with Crippen LogP contribution in [0.25, 0.3) is 5.65 Å². The summed E-state index contributed by atoms with van der Waals surface area (Å²) in [5, 5.41) is 6.05. The molecule has 1 aliphatic heterocycles. The number of H-pyrrole nitrogens is 1. The molecular formula is C15H21N5O2. The summed E-state index contributed by atoms with van der Waals surface area (Å²) in [4.78, 5) is 31.2. The lowest BCUT2D eigenvalue weighted by molar-refractivity contribution is -0.131. The quantitative estimate of drug-likeness (QED) is 0.841. The van der Waals surface area contributed by atoms with E-state index in [1.54, 1.807) is 19.2 Å². The first-order valence-electron chi connectivity index (χ1n) is 7.61. The van der Waals surface area contributed by atoms with Gasteiger partial charge in [0.05, 0.1) is 6.42 Å². The lowest BCUT2D eigenvalue weighted by Gasteiger charge is -2.32. The molecule has 118 valence electrons. The van der Waals surface area contributed by atoms with Crippen molar-refractivity contribution in [1.29, 1.82) is 0 Å². The number of hydrogen-bond donors (Lipinski definition) is 2. The lowest BCUT2D eigenvalue weighted by Crippen LogP contribution is -2.47. The number of carbonyl (C=O) groups is 1. The molecule has 3 rings (SSSR count). The van der Waals surface area contributed by atoms with Crippen molar-refractivity contribution in [3.05, 3.63) is 33.9 Å². The van der Waals surface area contributed by atoms with E-state index in [4.69, 9.17) is 0 Å². The normalized spacial score (nSPS) is 18.8. The molecular weight excluding hydrogens is 282 g/mol. The van der Waals surface area contributed by atoms with Gasteiger partial charge in [0.15, 0.2) is 5.65 Å². The van der Waals surface area contributed by atoms with Crippen LogP contribution in [0.15, 0.2) is 17.1 Å². The summed E-state index contributed by atoms with van der Waals surface area (Å²) in [6.45, 7) is 3.24. The zero-order valence-corrected chi connectivity index (χ0v) is 12.9. The number of piperidine rings is 1. The Balaban J connectivity index is 1.83. The van der Waals surface area contributed by atoms with Gasteiger partial charge in [-0.25, -0.2) is 9.50 Å². The van der Waals surface area contributed by atoms with Crippen molar-refractivity contribution >= 4 is 11.6 Å². The summed E-state index contributed by atoms with van der Waals surface area (Å²) in [7, 11) is 1.91. The van der Waals surface area contributed by atoms with Crippen molar-refractivity contribution in [2.75, 3.05) is 20.1 Å². The molecule has 0 aromatic carbocycles. The second kappa shape index (κ2) is 5.92. The molecule has 0 radical (unpaired) electrons. The third-order valence-corrected chi connectivity index (χ3v) is 4.36. The van der Waals surface area contributed by atoms with E-state index in [0.717, 1.165) is 19.4 Å². The standard InChI is InChI=1S/C15H21N5O2/c1-10-12(15(22)20-13(18-10)5-6-17-20)8-14(21)19-7-3-4-11(9-19)16-2/h5-6,11,16-17H,3-4,7-9H2,1-2H3. The highest BCUT2D eigenvalue weighted by Gasteiger charge is 2.24. The Kier molecular flexibility index (Phi) is 3.98. The molecule has 22 heavy (non-hydrogen) atoms. The number of aromatic nitrogens is 3. The Morgan fingerprint density at radius 1 is 1.55 bits per heavy atom. The second-order valence-corrected chi connectivity index (χ2v) is 5.78. The average molecular weight is 303 g/mol. The number of fused-ring (bicyclic) bond motifs is 1. The van der Waals surface area contributed by atoms with Gasteiger partial charge in [-0.1, -0.05) is 0 Å². The van der Waals surface area contributed by atoms with Crippen molar-refractivity contribution < 1.29 is 4.79 Å². The first kappa shape index (κ1) is 14.8. The molecule has 2 aromatic heterocycles. The van der Waals surface area contributed by atoms with E-state index in [9.17, 15) is 9.59 Å². The van der Waals surface area contributed by atoms with Crippen LogP contribution in [0.5, 0.6) is 0 Å². The maximum absolute atomic E-state index is 12.5. The highest BCUT2D eigenvalue weighted by molar-refractivity contribution is 5.79. The van der Waals surface area contributed by atoms with E-state index < -0.39 is 0 Å². The Labute approximate surface area is 128 Å². The van der Waals surface area contributed by atoms with Gasteiger partial charge in [-0.3, -0.25) is 14.7 Å². The van der Waals surface area contributed by atoms with E-state index in [1.165, 1.54) is 4.52 Å². The zero-order valence-electron chi connectivity index (χ0n) is 12.9. The fourth-order valence-electron chi connectivity index (χ4n) is 3.01. The van der Waals surface area contributed by atoms with Crippen LogP contribution in [-0.2, 0) is 11.2 Å². The second-order valence-electron chi connectivity index (χ2n) is 5.78. The van der Waals surface area contributed by atoms with Crippen molar-refractivity contribution in [2.45, 2.75) is 32.2 Å². The minimum Gasteiger partial charge on any atom is -0.341 e. The zero-order chi connectivity index (χ0) is 15.7. The maximum Gasteiger partial charge on any atom is 0.276 e. The summed E-state index contributed by atoms with van der Waals surface area (Å²) in [5.74, 6) is -0.00606. The molecule has 1 saturated heterocycles. The predicted molar refractivity (Wildman–Crippen MR) is 82.9 cm³/mol. The number of nitrogens with one attached hydrogen (secondary N) is 2. The Morgan fingerprint density at radius 3 is 3.14 bits per heavy atom. The Hall–Kier alpha value is -2.15. The number of hydrogen-bond acceptors (Lipinski definition) is 4. The smallest absolute Gasteiger partial charge is 0.276 e. The molecule has 3 heterocycles. The molecule has 7 nitrogen and oxygen atoms in total. The molecule has 1 amide bonds. The van der Waals surface area contributed by atoms with Crippen molar-refractivity contribution in [1.82, 2.24) is 24.8 Å². The molecule has 1 fully saturated rings. The van der Waals surface area contributed by atoms with Gasteiger partial charge in [-0.15, -0.1) is 0 Å². The highest BCUT2D eigenvalue weighted by Crippen LogP contribution is 2.12. The summed E-state index contributed by atoms with van der Waals surface area (Å²) in [5.41, 5.74) is 1.48. The van der Waals surface area contributed by atoms with Crippen molar-refractivity contribution in [2.24, 2.45) is 0 Å². The van der Waals surface area contributed by atoms with Gasteiger partial charge in [0.1, 0.15) is 0 Å². The van der Waals surface area contributed by atoms with Crippen molar-refractivity contribution in [3.8, 4) is 0 Å². The van der Waals surface area contributed by atoms with E-state index in [0.29, 0.717) is 29.5 Å². The molecule has 7 heteroatoms. The molecule has 0 aliphatic carbocycles. The number of likely N-dealkylation sites (N-methyl/N-ethyl adjacent to an activating group) is 1. The molecule has 1 atom stereocenters. The fraction of sp³-hybridized carbons (Fsp3) is 0.533.